The Labute approximate surface area is 75.6 Å². The Balaban J connectivity index is 4.11. The van der Waals surface area contributed by atoms with Gasteiger partial charge in [0.05, 0.1) is 6.61 Å². The van der Waals surface area contributed by atoms with Gasteiger partial charge >= 0.3 is 0 Å². The Kier molecular flexibility index (Phi) is 4.70. The van der Waals surface area contributed by atoms with E-state index in [-0.39, 0.29) is 6.61 Å². The molecule has 0 aliphatic heterocycles. The monoisotopic (exact) mass is 202 g/mol. The number of aliphatic hydroxyl groups excluding tert-OH is 1. The average molecular weight is 203 g/mol. The van der Waals surface area contributed by atoms with Gasteiger partial charge in [-0.05, 0) is 18.1 Å². The first-order chi connectivity index (χ1) is 4.49. The van der Waals surface area contributed by atoms with Crippen molar-refractivity contribution >= 4 is 34.8 Å². The molecule has 0 aromatic carbocycles. The highest BCUT2D eigenvalue weighted by Crippen LogP contribution is 2.29. The maximum Gasteiger partial charge on any atom is 0.209 e. The van der Waals surface area contributed by atoms with E-state index in [1.807, 2.05) is 6.92 Å². The van der Waals surface area contributed by atoms with E-state index in [1.165, 1.54) is 6.08 Å². The van der Waals surface area contributed by atoms with Crippen molar-refractivity contribution in [3.8, 4) is 0 Å². The number of aliphatic hydroxyl groups is 1. The van der Waals surface area contributed by atoms with Crippen molar-refractivity contribution in [2.24, 2.45) is 0 Å². The van der Waals surface area contributed by atoms with Gasteiger partial charge in [-0.3, -0.25) is 0 Å². The van der Waals surface area contributed by atoms with Crippen LogP contribution >= 0.6 is 34.8 Å². The zero-order valence-electron chi connectivity index (χ0n) is 5.57. The predicted molar refractivity (Wildman–Crippen MR) is 45.7 cm³/mol. The quantitative estimate of drug-likeness (QED) is 0.540. The Morgan fingerprint density at radius 2 is 2.00 bits per heavy atom. The molecular formula is C6H9Cl3O. The molecule has 0 saturated heterocycles. The summed E-state index contributed by atoms with van der Waals surface area (Å²) in [6.45, 7) is 1.84. The molecule has 10 heavy (non-hydrogen) atoms. The van der Waals surface area contributed by atoms with E-state index in [0.717, 1.165) is 5.57 Å². The highest BCUT2D eigenvalue weighted by atomic mass is 35.6. The van der Waals surface area contributed by atoms with Gasteiger partial charge < -0.3 is 5.11 Å². The van der Waals surface area contributed by atoms with Crippen LogP contribution in [0.4, 0.5) is 0 Å². The van der Waals surface area contributed by atoms with Crippen molar-refractivity contribution in [2.45, 2.75) is 17.1 Å². The smallest absolute Gasteiger partial charge is 0.209 e. The number of alkyl halides is 3. The van der Waals surface area contributed by atoms with Gasteiger partial charge in [0.1, 0.15) is 0 Å². The fourth-order valence-corrected chi connectivity index (χ4v) is 0.954. The second-order valence-corrected chi connectivity index (χ2v) is 4.22. The molecule has 0 amide bonds. The third-order valence-electron chi connectivity index (χ3n) is 1.03. The molecule has 1 N–H and O–H groups in total. The fourth-order valence-electron chi connectivity index (χ4n) is 0.491. The van der Waals surface area contributed by atoms with Gasteiger partial charge in [0, 0.05) is 0 Å². The van der Waals surface area contributed by atoms with Crippen molar-refractivity contribution in [1.29, 1.82) is 0 Å². The van der Waals surface area contributed by atoms with Gasteiger partial charge in [-0.2, -0.15) is 0 Å². The first kappa shape index (κ1) is 10.6. The first-order valence-electron chi connectivity index (χ1n) is 2.87. The fraction of sp³-hybridized carbons (Fsp3) is 0.667. The summed E-state index contributed by atoms with van der Waals surface area (Å²) in [5.74, 6) is 0. The normalized spacial score (nSPS) is 13.9. The van der Waals surface area contributed by atoms with Crippen LogP contribution in [0.25, 0.3) is 0 Å². The molecule has 4 heteroatoms. The minimum Gasteiger partial charge on any atom is -0.392 e. The molecule has 0 spiro atoms. The Morgan fingerprint density at radius 1 is 1.50 bits per heavy atom. The minimum atomic E-state index is -1.38. The van der Waals surface area contributed by atoms with Crippen LogP contribution in [0, 0.1) is 0 Å². The zero-order chi connectivity index (χ0) is 8.20. The standard InChI is InChI=1S/C6H9Cl3O/c1-2-5(4-10)3-6(7,8)9/h3,10H,2,4H2,1H3. The second-order valence-electron chi connectivity index (χ2n) is 1.86. The van der Waals surface area contributed by atoms with E-state index in [0.29, 0.717) is 6.42 Å². The van der Waals surface area contributed by atoms with Gasteiger partial charge in [-0.25, -0.2) is 0 Å². The molecule has 0 fully saturated rings. The molecule has 0 atom stereocenters. The van der Waals surface area contributed by atoms with E-state index >= 15 is 0 Å². The molecule has 0 heterocycles. The van der Waals surface area contributed by atoms with Gasteiger partial charge in [0.25, 0.3) is 0 Å². The van der Waals surface area contributed by atoms with Crippen LogP contribution in [-0.4, -0.2) is 15.5 Å². The summed E-state index contributed by atoms with van der Waals surface area (Å²) in [6.07, 6.45) is 2.13. The van der Waals surface area contributed by atoms with Crippen molar-refractivity contribution in [2.75, 3.05) is 6.61 Å². The summed E-state index contributed by atoms with van der Waals surface area (Å²) in [7, 11) is 0. The molecule has 0 aliphatic carbocycles. The number of hydrogen-bond acceptors (Lipinski definition) is 1. The largest absolute Gasteiger partial charge is 0.392 e. The first-order valence-corrected chi connectivity index (χ1v) is 4.01. The molecule has 0 saturated carbocycles. The summed E-state index contributed by atoms with van der Waals surface area (Å²) >= 11 is 16.3. The third-order valence-corrected chi connectivity index (χ3v) is 1.35. The van der Waals surface area contributed by atoms with Crippen molar-refractivity contribution in [3.63, 3.8) is 0 Å². The summed E-state index contributed by atoms with van der Waals surface area (Å²) in [6, 6.07) is 0. The lowest BCUT2D eigenvalue weighted by Crippen LogP contribution is -2.00. The highest BCUT2D eigenvalue weighted by molar-refractivity contribution is 6.68. The molecule has 1 nitrogen and oxygen atoms in total. The maximum atomic E-state index is 8.65. The lowest BCUT2D eigenvalue weighted by atomic mass is 10.2. The predicted octanol–water partition coefficient (Wildman–Crippen LogP) is 2.69. The zero-order valence-corrected chi connectivity index (χ0v) is 7.84. The second kappa shape index (κ2) is 4.45. The lowest BCUT2D eigenvalue weighted by Gasteiger charge is -2.06. The Hall–Kier alpha value is 0.570. The van der Waals surface area contributed by atoms with Gasteiger partial charge in [0.15, 0.2) is 0 Å². The molecule has 0 aromatic rings. The van der Waals surface area contributed by atoms with E-state index in [2.05, 4.69) is 0 Å². The molecule has 0 aromatic heterocycles. The van der Waals surface area contributed by atoms with E-state index in [1.54, 1.807) is 0 Å². The number of halogens is 3. The van der Waals surface area contributed by atoms with Crippen molar-refractivity contribution in [3.05, 3.63) is 11.6 Å². The van der Waals surface area contributed by atoms with Crippen LogP contribution in [0.5, 0.6) is 0 Å². The van der Waals surface area contributed by atoms with E-state index in [4.69, 9.17) is 39.9 Å². The lowest BCUT2D eigenvalue weighted by molar-refractivity contribution is 0.327. The van der Waals surface area contributed by atoms with Gasteiger partial charge in [0.2, 0.25) is 3.79 Å². The molecule has 0 unspecified atom stereocenters. The Morgan fingerprint density at radius 3 is 2.10 bits per heavy atom. The molecule has 60 valence electrons. The van der Waals surface area contributed by atoms with Crippen LogP contribution in [0.3, 0.4) is 0 Å². The molecular weight excluding hydrogens is 194 g/mol. The van der Waals surface area contributed by atoms with Crippen molar-refractivity contribution < 1.29 is 5.11 Å². The molecule has 0 bridgehead atoms. The van der Waals surface area contributed by atoms with Crippen LogP contribution in [-0.2, 0) is 0 Å². The number of hydrogen-bond donors (Lipinski definition) is 1. The molecule has 0 aliphatic rings. The Bertz CT molecular complexity index is 119. The van der Waals surface area contributed by atoms with E-state index in [9.17, 15) is 0 Å². The summed E-state index contributed by atoms with van der Waals surface area (Å²) in [5.41, 5.74) is 0.736. The number of allylic oxidation sites excluding steroid dienone is 1. The van der Waals surface area contributed by atoms with Gasteiger partial charge in [-0.15, -0.1) is 0 Å². The van der Waals surface area contributed by atoms with Crippen LogP contribution in [0.2, 0.25) is 0 Å². The summed E-state index contributed by atoms with van der Waals surface area (Å²) < 4.78 is -1.38. The SMILES string of the molecule is CCC(=CC(Cl)(Cl)Cl)CO. The molecule has 0 radical (unpaired) electrons. The third kappa shape index (κ3) is 5.36. The summed E-state index contributed by atoms with van der Waals surface area (Å²) in [4.78, 5) is 0. The molecule has 0 rings (SSSR count). The van der Waals surface area contributed by atoms with Crippen LogP contribution < -0.4 is 0 Å². The van der Waals surface area contributed by atoms with Gasteiger partial charge in [-0.1, -0.05) is 41.7 Å². The highest BCUT2D eigenvalue weighted by Gasteiger charge is 2.15. The average Bonchev–Trinajstić information content (AvgIpc) is 1.81. The van der Waals surface area contributed by atoms with Crippen LogP contribution in [0.1, 0.15) is 13.3 Å². The summed E-state index contributed by atoms with van der Waals surface area (Å²) in [5, 5.41) is 8.65. The minimum absolute atomic E-state index is 0.0512. The maximum absolute atomic E-state index is 8.65. The number of rotatable bonds is 2. The van der Waals surface area contributed by atoms with Crippen molar-refractivity contribution in [1.82, 2.24) is 0 Å². The van der Waals surface area contributed by atoms with Crippen LogP contribution in [0.15, 0.2) is 11.6 Å². The topological polar surface area (TPSA) is 20.2 Å². The van der Waals surface area contributed by atoms with E-state index < -0.39 is 3.79 Å².